The van der Waals surface area contributed by atoms with E-state index in [0.717, 1.165) is 17.3 Å². The zero-order valence-electron chi connectivity index (χ0n) is 11.8. The van der Waals surface area contributed by atoms with E-state index >= 15 is 0 Å². The van der Waals surface area contributed by atoms with Crippen LogP contribution in [-0.4, -0.2) is 28.0 Å². The van der Waals surface area contributed by atoms with E-state index in [4.69, 9.17) is 5.11 Å². The fourth-order valence-corrected chi connectivity index (χ4v) is 3.17. The van der Waals surface area contributed by atoms with E-state index in [1.165, 1.54) is 24.2 Å². The summed E-state index contributed by atoms with van der Waals surface area (Å²) in [5.74, 6) is -0.577. The number of carbonyl (C=O) groups is 2. The van der Waals surface area contributed by atoms with Crippen molar-refractivity contribution >= 4 is 23.2 Å². The van der Waals surface area contributed by atoms with E-state index < -0.39 is 12.0 Å². The Balaban J connectivity index is 2.03. The summed E-state index contributed by atoms with van der Waals surface area (Å²) in [6.07, 6.45) is 4.59. The van der Waals surface area contributed by atoms with Gasteiger partial charge in [0.2, 0.25) is 0 Å². The third-order valence-corrected chi connectivity index (χ3v) is 4.57. The van der Waals surface area contributed by atoms with Crippen LogP contribution in [0.5, 0.6) is 0 Å². The van der Waals surface area contributed by atoms with Gasteiger partial charge in [0.05, 0.1) is 10.7 Å². The van der Waals surface area contributed by atoms with Gasteiger partial charge < -0.3 is 10.4 Å². The topological polar surface area (TPSA) is 79.3 Å². The molecule has 110 valence electrons. The summed E-state index contributed by atoms with van der Waals surface area (Å²) in [7, 11) is 0. The first-order valence-electron chi connectivity index (χ1n) is 7.01. The molecule has 0 spiro atoms. The van der Waals surface area contributed by atoms with Crippen molar-refractivity contribution in [1.82, 2.24) is 10.3 Å². The molecule has 0 radical (unpaired) electrons. The van der Waals surface area contributed by atoms with Crippen molar-refractivity contribution in [3.8, 4) is 0 Å². The standard InChI is InChI=1S/C14H20N2O3S/c1-3-4-10(14(18)19)16-13(17)12-8(2)15-11(20-12)7-9-5-6-9/h9-10H,3-7H2,1-2H3,(H,16,17)(H,18,19). The molecule has 2 N–H and O–H groups in total. The normalized spacial score (nSPS) is 15.9. The number of hydrogen-bond acceptors (Lipinski definition) is 4. The largest absolute Gasteiger partial charge is 0.480 e. The van der Waals surface area contributed by atoms with Crippen molar-refractivity contribution in [1.29, 1.82) is 0 Å². The van der Waals surface area contributed by atoms with E-state index in [-0.39, 0.29) is 5.91 Å². The van der Waals surface area contributed by atoms with Crippen LogP contribution in [0.3, 0.4) is 0 Å². The maximum absolute atomic E-state index is 12.2. The number of rotatable bonds is 7. The zero-order valence-corrected chi connectivity index (χ0v) is 12.6. The first kappa shape index (κ1) is 15.0. The van der Waals surface area contributed by atoms with Crippen LogP contribution in [0.2, 0.25) is 0 Å². The van der Waals surface area contributed by atoms with Crippen molar-refractivity contribution in [2.24, 2.45) is 5.92 Å². The molecule has 2 rings (SSSR count). The molecule has 0 aliphatic heterocycles. The minimum atomic E-state index is -0.986. The lowest BCUT2D eigenvalue weighted by atomic mass is 10.1. The van der Waals surface area contributed by atoms with Crippen molar-refractivity contribution in [2.75, 3.05) is 0 Å². The number of carboxylic acids is 1. The number of aliphatic carboxylic acids is 1. The summed E-state index contributed by atoms with van der Waals surface area (Å²) in [6.45, 7) is 3.70. The Morgan fingerprint density at radius 2 is 2.20 bits per heavy atom. The van der Waals surface area contributed by atoms with Gasteiger partial charge in [-0.15, -0.1) is 11.3 Å². The average molecular weight is 296 g/mol. The summed E-state index contributed by atoms with van der Waals surface area (Å²) >= 11 is 1.39. The number of aromatic nitrogens is 1. The number of nitrogens with one attached hydrogen (secondary N) is 1. The van der Waals surface area contributed by atoms with Crippen LogP contribution >= 0.6 is 11.3 Å². The number of amides is 1. The van der Waals surface area contributed by atoms with Gasteiger partial charge in [0.25, 0.3) is 5.91 Å². The highest BCUT2D eigenvalue weighted by atomic mass is 32.1. The lowest BCUT2D eigenvalue weighted by Crippen LogP contribution is -2.40. The number of aryl methyl sites for hydroxylation is 1. The van der Waals surface area contributed by atoms with Crippen LogP contribution in [0.25, 0.3) is 0 Å². The molecule has 1 amide bonds. The van der Waals surface area contributed by atoms with E-state index in [2.05, 4.69) is 10.3 Å². The summed E-state index contributed by atoms with van der Waals surface area (Å²) < 4.78 is 0. The molecule has 0 saturated heterocycles. The Hall–Kier alpha value is -1.43. The Kier molecular flexibility index (Phi) is 4.75. The second-order valence-corrected chi connectivity index (χ2v) is 6.41. The third kappa shape index (κ3) is 3.79. The molecule has 1 unspecified atom stereocenters. The van der Waals surface area contributed by atoms with E-state index in [1.807, 2.05) is 6.92 Å². The Bertz CT molecular complexity index is 509. The summed E-state index contributed by atoms with van der Waals surface area (Å²) in [5.41, 5.74) is 0.698. The van der Waals surface area contributed by atoms with E-state index in [1.54, 1.807) is 6.92 Å². The number of carboxylic acid groups (broad SMARTS) is 1. The number of thiazole rings is 1. The van der Waals surface area contributed by atoms with Gasteiger partial charge in [0.1, 0.15) is 10.9 Å². The van der Waals surface area contributed by atoms with E-state index in [0.29, 0.717) is 23.4 Å². The van der Waals surface area contributed by atoms with Crippen LogP contribution in [0.1, 0.15) is 53.0 Å². The SMILES string of the molecule is CCCC(NC(=O)c1sc(CC2CC2)nc1C)C(=O)O. The van der Waals surface area contributed by atoms with Gasteiger partial charge in [-0.25, -0.2) is 9.78 Å². The third-order valence-electron chi connectivity index (χ3n) is 3.39. The molecule has 0 aromatic carbocycles. The Morgan fingerprint density at radius 1 is 1.50 bits per heavy atom. The fraction of sp³-hybridized carbons (Fsp3) is 0.643. The molecule has 20 heavy (non-hydrogen) atoms. The van der Waals surface area contributed by atoms with Gasteiger partial charge in [-0.3, -0.25) is 4.79 Å². The monoisotopic (exact) mass is 296 g/mol. The van der Waals surface area contributed by atoms with Gasteiger partial charge in [-0.1, -0.05) is 13.3 Å². The highest BCUT2D eigenvalue weighted by molar-refractivity contribution is 7.13. The molecule has 1 saturated carbocycles. The van der Waals surface area contributed by atoms with Crippen LogP contribution in [0, 0.1) is 12.8 Å². The lowest BCUT2D eigenvalue weighted by Gasteiger charge is -2.12. The minimum Gasteiger partial charge on any atom is -0.480 e. The van der Waals surface area contributed by atoms with Crippen LogP contribution < -0.4 is 5.32 Å². The highest BCUT2D eigenvalue weighted by Gasteiger charge is 2.26. The predicted molar refractivity (Wildman–Crippen MR) is 77.1 cm³/mol. The first-order chi connectivity index (χ1) is 9.51. The zero-order chi connectivity index (χ0) is 14.7. The Labute approximate surface area is 122 Å². The van der Waals surface area contributed by atoms with Crippen molar-refractivity contribution in [3.63, 3.8) is 0 Å². The van der Waals surface area contributed by atoms with Crippen LogP contribution in [0.4, 0.5) is 0 Å². The molecule has 1 atom stereocenters. The number of nitrogens with zero attached hydrogens (tertiary/aromatic N) is 1. The average Bonchev–Trinajstić information content (AvgIpc) is 3.10. The highest BCUT2D eigenvalue weighted by Crippen LogP contribution is 2.34. The smallest absolute Gasteiger partial charge is 0.326 e. The summed E-state index contributed by atoms with van der Waals surface area (Å²) in [4.78, 5) is 28.2. The maximum Gasteiger partial charge on any atom is 0.326 e. The lowest BCUT2D eigenvalue weighted by molar-refractivity contribution is -0.139. The van der Waals surface area contributed by atoms with Crippen molar-refractivity contribution < 1.29 is 14.7 Å². The minimum absolute atomic E-state index is 0.317. The maximum atomic E-state index is 12.2. The molecule has 1 fully saturated rings. The van der Waals surface area contributed by atoms with Gasteiger partial charge in [-0.2, -0.15) is 0 Å². The molecule has 1 aliphatic rings. The molecule has 0 bridgehead atoms. The molecule has 1 heterocycles. The second kappa shape index (κ2) is 6.35. The van der Waals surface area contributed by atoms with Gasteiger partial charge in [-0.05, 0) is 32.1 Å². The van der Waals surface area contributed by atoms with Crippen molar-refractivity contribution in [3.05, 3.63) is 15.6 Å². The first-order valence-corrected chi connectivity index (χ1v) is 7.82. The molecular weight excluding hydrogens is 276 g/mol. The van der Waals surface area contributed by atoms with Gasteiger partial charge in [0, 0.05) is 6.42 Å². The van der Waals surface area contributed by atoms with Crippen LogP contribution in [-0.2, 0) is 11.2 Å². The van der Waals surface area contributed by atoms with Crippen molar-refractivity contribution in [2.45, 2.75) is 52.0 Å². The fourth-order valence-electron chi connectivity index (χ4n) is 2.09. The quantitative estimate of drug-likeness (QED) is 0.809. The van der Waals surface area contributed by atoms with E-state index in [9.17, 15) is 9.59 Å². The molecule has 1 aliphatic carbocycles. The summed E-state index contributed by atoms with van der Waals surface area (Å²) in [5, 5.41) is 12.6. The molecule has 5 nitrogen and oxygen atoms in total. The van der Waals surface area contributed by atoms with Gasteiger partial charge >= 0.3 is 5.97 Å². The Morgan fingerprint density at radius 3 is 2.75 bits per heavy atom. The number of hydrogen-bond donors (Lipinski definition) is 2. The molecule has 1 aromatic heterocycles. The predicted octanol–water partition coefficient (Wildman–Crippen LogP) is 2.39. The van der Waals surface area contributed by atoms with Crippen LogP contribution in [0.15, 0.2) is 0 Å². The summed E-state index contributed by atoms with van der Waals surface area (Å²) in [6, 6.07) is -0.819. The second-order valence-electron chi connectivity index (χ2n) is 5.32. The van der Waals surface area contributed by atoms with Gasteiger partial charge in [0.15, 0.2) is 0 Å². The molecular formula is C14H20N2O3S. The number of carbonyl (C=O) groups excluding carboxylic acids is 1. The molecule has 6 heteroatoms. The molecule has 1 aromatic rings.